The van der Waals surface area contributed by atoms with E-state index in [1.807, 2.05) is 0 Å². The molecule has 1 aliphatic rings. The zero-order valence-corrected chi connectivity index (χ0v) is 7.93. The lowest BCUT2D eigenvalue weighted by Crippen LogP contribution is -2.11. The van der Waals surface area contributed by atoms with Crippen molar-refractivity contribution in [2.75, 3.05) is 20.0 Å². The molecule has 0 spiro atoms. The van der Waals surface area contributed by atoms with Crippen molar-refractivity contribution in [3.05, 3.63) is 0 Å². The van der Waals surface area contributed by atoms with Crippen molar-refractivity contribution in [2.24, 2.45) is 5.92 Å². The van der Waals surface area contributed by atoms with Gasteiger partial charge in [0.25, 0.3) is 0 Å². The van der Waals surface area contributed by atoms with Gasteiger partial charge in [0, 0.05) is 0 Å². The standard InChI is InChI=1S/C5H12.C4H8O2/c1-4-5(2)3;1-2-5-4-6-3-1/h5H,4H2,1-3H3;1-4H2. The van der Waals surface area contributed by atoms with E-state index in [0.717, 1.165) is 25.6 Å². The summed E-state index contributed by atoms with van der Waals surface area (Å²) in [5.74, 6) is 0.884. The Morgan fingerprint density at radius 1 is 1.18 bits per heavy atom. The smallest absolute Gasteiger partial charge is 0.146 e. The van der Waals surface area contributed by atoms with Gasteiger partial charge in [0.1, 0.15) is 6.79 Å². The van der Waals surface area contributed by atoms with Gasteiger partial charge in [0.05, 0.1) is 13.2 Å². The Kier molecular flexibility index (Phi) is 7.96. The molecule has 0 N–H and O–H groups in total. The van der Waals surface area contributed by atoms with Crippen LogP contribution in [-0.2, 0) is 9.47 Å². The molecule has 0 unspecified atom stereocenters. The number of hydrogen-bond donors (Lipinski definition) is 0. The minimum Gasteiger partial charge on any atom is -0.355 e. The van der Waals surface area contributed by atoms with E-state index in [4.69, 9.17) is 9.47 Å². The topological polar surface area (TPSA) is 18.5 Å². The van der Waals surface area contributed by atoms with Crippen molar-refractivity contribution in [1.82, 2.24) is 0 Å². The monoisotopic (exact) mass is 160 g/mol. The molecule has 68 valence electrons. The Labute approximate surface area is 69.9 Å². The van der Waals surface area contributed by atoms with Gasteiger partial charge in [-0.3, -0.25) is 0 Å². The summed E-state index contributed by atoms with van der Waals surface area (Å²) in [6, 6.07) is 0. The highest BCUT2D eigenvalue weighted by Gasteiger charge is 1.94. The molecule has 0 aliphatic carbocycles. The lowest BCUT2D eigenvalue weighted by molar-refractivity contribution is -0.0963. The molecule has 2 nitrogen and oxygen atoms in total. The summed E-state index contributed by atoms with van der Waals surface area (Å²) in [6.45, 7) is 8.89. The Morgan fingerprint density at radius 2 is 1.64 bits per heavy atom. The van der Waals surface area contributed by atoms with Crippen molar-refractivity contribution >= 4 is 0 Å². The second-order valence-electron chi connectivity index (χ2n) is 3.09. The Balaban J connectivity index is 0.000000187. The molecule has 0 saturated carbocycles. The maximum atomic E-state index is 4.85. The summed E-state index contributed by atoms with van der Waals surface area (Å²) >= 11 is 0. The Morgan fingerprint density at radius 3 is 1.73 bits per heavy atom. The fourth-order valence-electron chi connectivity index (χ4n) is 0.440. The van der Waals surface area contributed by atoms with Crippen LogP contribution in [0.5, 0.6) is 0 Å². The van der Waals surface area contributed by atoms with Crippen LogP contribution in [0.1, 0.15) is 33.6 Å². The molecule has 0 radical (unpaired) electrons. The molecule has 1 fully saturated rings. The van der Waals surface area contributed by atoms with E-state index in [9.17, 15) is 0 Å². The van der Waals surface area contributed by atoms with Crippen LogP contribution in [0.2, 0.25) is 0 Å². The molecule has 1 aliphatic heterocycles. The first kappa shape index (κ1) is 10.9. The molecule has 11 heavy (non-hydrogen) atoms. The molecule has 1 rings (SSSR count). The van der Waals surface area contributed by atoms with Crippen molar-refractivity contribution in [3.63, 3.8) is 0 Å². The third kappa shape index (κ3) is 9.92. The highest BCUT2D eigenvalue weighted by atomic mass is 16.7. The normalized spacial score (nSPS) is 17.5. The molecule has 0 bridgehead atoms. The summed E-state index contributed by atoms with van der Waals surface area (Å²) in [6.07, 6.45) is 2.36. The van der Waals surface area contributed by atoms with E-state index in [1.54, 1.807) is 0 Å². The van der Waals surface area contributed by atoms with Crippen molar-refractivity contribution < 1.29 is 9.47 Å². The number of hydrogen-bond acceptors (Lipinski definition) is 2. The second kappa shape index (κ2) is 8.02. The molecule has 1 heterocycles. The molecule has 1 saturated heterocycles. The van der Waals surface area contributed by atoms with E-state index < -0.39 is 0 Å². The predicted molar refractivity (Wildman–Crippen MR) is 46.5 cm³/mol. The largest absolute Gasteiger partial charge is 0.355 e. The Hall–Kier alpha value is -0.0800. The summed E-state index contributed by atoms with van der Waals surface area (Å²) in [5.41, 5.74) is 0. The van der Waals surface area contributed by atoms with Crippen LogP contribution in [0.4, 0.5) is 0 Å². The fourth-order valence-corrected chi connectivity index (χ4v) is 0.440. The van der Waals surface area contributed by atoms with Crippen LogP contribution in [0.25, 0.3) is 0 Å². The molecule has 0 atom stereocenters. The first-order valence-corrected chi connectivity index (χ1v) is 4.42. The minimum absolute atomic E-state index is 0.500. The SMILES string of the molecule is C1COCOC1.CCC(C)C. The average Bonchev–Trinajstić information content (AvgIpc) is 2.09. The van der Waals surface area contributed by atoms with Crippen LogP contribution >= 0.6 is 0 Å². The van der Waals surface area contributed by atoms with E-state index in [2.05, 4.69) is 20.8 Å². The highest BCUT2D eigenvalue weighted by molar-refractivity contribution is 4.35. The van der Waals surface area contributed by atoms with Gasteiger partial charge in [-0.2, -0.15) is 0 Å². The van der Waals surface area contributed by atoms with Gasteiger partial charge in [-0.05, 0) is 12.3 Å². The minimum atomic E-state index is 0.500. The quantitative estimate of drug-likeness (QED) is 0.586. The molecule has 0 amide bonds. The first-order valence-electron chi connectivity index (χ1n) is 4.42. The second-order valence-corrected chi connectivity index (χ2v) is 3.09. The van der Waals surface area contributed by atoms with Gasteiger partial charge in [0.2, 0.25) is 0 Å². The first-order chi connectivity index (χ1) is 5.27. The van der Waals surface area contributed by atoms with E-state index in [-0.39, 0.29) is 0 Å². The van der Waals surface area contributed by atoms with E-state index in [1.165, 1.54) is 6.42 Å². The molecular formula is C9H20O2. The third-order valence-corrected chi connectivity index (χ3v) is 1.56. The Bertz CT molecular complexity index is 56.5. The summed E-state index contributed by atoms with van der Waals surface area (Å²) in [4.78, 5) is 0. The van der Waals surface area contributed by atoms with Crippen molar-refractivity contribution in [2.45, 2.75) is 33.6 Å². The molecule has 2 heteroatoms. The van der Waals surface area contributed by atoms with Gasteiger partial charge in [-0.1, -0.05) is 27.2 Å². The van der Waals surface area contributed by atoms with Crippen LogP contribution in [-0.4, -0.2) is 20.0 Å². The maximum absolute atomic E-state index is 4.85. The molecular weight excluding hydrogens is 140 g/mol. The van der Waals surface area contributed by atoms with Gasteiger partial charge >= 0.3 is 0 Å². The molecule has 0 aromatic rings. The highest BCUT2D eigenvalue weighted by Crippen LogP contribution is 1.94. The average molecular weight is 160 g/mol. The number of ether oxygens (including phenoxy) is 2. The van der Waals surface area contributed by atoms with Gasteiger partial charge in [-0.15, -0.1) is 0 Å². The van der Waals surface area contributed by atoms with Gasteiger partial charge < -0.3 is 9.47 Å². The van der Waals surface area contributed by atoms with Crippen LogP contribution in [0.3, 0.4) is 0 Å². The lowest BCUT2D eigenvalue weighted by Gasteiger charge is -2.09. The predicted octanol–water partition coefficient (Wildman–Crippen LogP) is 2.43. The van der Waals surface area contributed by atoms with E-state index in [0.29, 0.717) is 6.79 Å². The zero-order chi connectivity index (χ0) is 8.53. The van der Waals surface area contributed by atoms with Crippen molar-refractivity contribution in [1.29, 1.82) is 0 Å². The van der Waals surface area contributed by atoms with Crippen LogP contribution in [0, 0.1) is 5.92 Å². The lowest BCUT2D eigenvalue weighted by atomic mass is 10.2. The summed E-state index contributed by atoms with van der Waals surface area (Å²) < 4.78 is 9.69. The zero-order valence-electron chi connectivity index (χ0n) is 7.93. The third-order valence-electron chi connectivity index (χ3n) is 1.56. The van der Waals surface area contributed by atoms with Crippen LogP contribution < -0.4 is 0 Å². The van der Waals surface area contributed by atoms with Gasteiger partial charge in [-0.25, -0.2) is 0 Å². The van der Waals surface area contributed by atoms with Gasteiger partial charge in [0.15, 0.2) is 0 Å². The molecule has 0 aromatic heterocycles. The summed E-state index contributed by atoms with van der Waals surface area (Å²) in [7, 11) is 0. The van der Waals surface area contributed by atoms with Crippen molar-refractivity contribution in [3.8, 4) is 0 Å². The van der Waals surface area contributed by atoms with E-state index >= 15 is 0 Å². The fraction of sp³-hybridized carbons (Fsp3) is 1.00. The van der Waals surface area contributed by atoms with Crippen LogP contribution in [0.15, 0.2) is 0 Å². The number of rotatable bonds is 1. The molecule has 0 aromatic carbocycles. The maximum Gasteiger partial charge on any atom is 0.146 e. The summed E-state index contributed by atoms with van der Waals surface area (Å²) in [5, 5.41) is 0.